The smallest absolute Gasteiger partial charge is 0.251 e. The van der Waals surface area contributed by atoms with Gasteiger partial charge in [-0.1, -0.05) is 49.2 Å². The maximum absolute atomic E-state index is 13.9. The van der Waals surface area contributed by atoms with Crippen LogP contribution in [-0.4, -0.2) is 23.8 Å². The molecule has 2 aromatic carbocycles. The Kier molecular flexibility index (Phi) is 6.17. The molecule has 35 heavy (non-hydrogen) atoms. The Balaban J connectivity index is 1.23. The normalized spacial score (nSPS) is 29.5. The second kappa shape index (κ2) is 9.59. The molecule has 2 fully saturated rings. The van der Waals surface area contributed by atoms with Crippen LogP contribution in [0.15, 0.2) is 71.4 Å². The summed E-state index contributed by atoms with van der Waals surface area (Å²) in [6, 6.07) is 20.0. The highest BCUT2D eigenvalue weighted by atomic mass is 32.1. The second-order valence-corrected chi connectivity index (χ2v) is 10.9. The third-order valence-corrected chi connectivity index (χ3v) is 8.78. The van der Waals surface area contributed by atoms with Crippen molar-refractivity contribution in [2.24, 2.45) is 11.8 Å². The van der Waals surface area contributed by atoms with Crippen molar-refractivity contribution in [2.45, 2.75) is 56.3 Å². The minimum atomic E-state index is -0.196. The van der Waals surface area contributed by atoms with Crippen molar-refractivity contribution in [1.82, 2.24) is 10.6 Å². The van der Waals surface area contributed by atoms with Crippen LogP contribution < -0.4 is 16.0 Å². The van der Waals surface area contributed by atoms with E-state index >= 15 is 0 Å². The molecule has 3 N–H and O–H groups in total. The van der Waals surface area contributed by atoms with Crippen LogP contribution in [0.4, 0.5) is 5.69 Å². The van der Waals surface area contributed by atoms with Gasteiger partial charge in [0.2, 0.25) is 0 Å². The Morgan fingerprint density at radius 2 is 1.71 bits per heavy atom. The van der Waals surface area contributed by atoms with E-state index in [1.54, 1.807) is 11.3 Å². The second-order valence-electron chi connectivity index (χ2n) is 10.1. The first-order chi connectivity index (χ1) is 17.2. The first kappa shape index (κ1) is 22.5. The third-order valence-electron chi connectivity index (χ3n) is 8.08. The molecule has 0 radical (unpaired) electrons. The van der Waals surface area contributed by atoms with Crippen LogP contribution in [0.1, 0.15) is 65.7 Å². The van der Waals surface area contributed by atoms with E-state index in [0.29, 0.717) is 11.5 Å². The van der Waals surface area contributed by atoms with Gasteiger partial charge in [-0.25, -0.2) is 0 Å². The van der Waals surface area contributed by atoms with Gasteiger partial charge in [-0.15, -0.1) is 0 Å². The first-order valence-corrected chi connectivity index (χ1v) is 13.7. The Labute approximate surface area is 210 Å². The fourth-order valence-corrected chi connectivity index (χ4v) is 7.06. The van der Waals surface area contributed by atoms with E-state index in [-0.39, 0.29) is 41.8 Å². The van der Waals surface area contributed by atoms with Crippen molar-refractivity contribution >= 4 is 28.7 Å². The highest BCUT2D eigenvalue weighted by molar-refractivity contribution is 7.08. The van der Waals surface area contributed by atoms with Crippen LogP contribution in [0.25, 0.3) is 0 Å². The van der Waals surface area contributed by atoms with Gasteiger partial charge in [-0.2, -0.15) is 11.3 Å². The number of rotatable bonds is 5. The Morgan fingerprint density at radius 3 is 2.54 bits per heavy atom. The molecule has 1 saturated heterocycles. The molecular formula is C29H31N3O2S. The molecule has 1 saturated carbocycles. The lowest BCUT2D eigenvalue weighted by Gasteiger charge is -2.36. The summed E-state index contributed by atoms with van der Waals surface area (Å²) in [6.07, 6.45) is 4.59. The highest BCUT2D eigenvalue weighted by Crippen LogP contribution is 2.49. The monoisotopic (exact) mass is 485 g/mol. The summed E-state index contributed by atoms with van der Waals surface area (Å²) in [5.74, 6) is 0.337. The minimum Gasteiger partial charge on any atom is -0.378 e. The summed E-state index contributed by atoms with van der Waals surface area (Å²) in [4.78, 5) is 26.8. The molecule has 1 aromatic heterocycles. The van der Waals surface area contributed by atoms with Gasteiger partial charge in [0.05, 0.1) is 12.1 Å². The SMILES string of the molecule is O=C(N[C@@H]1CCCC[C@@H]1C(=O)C1CC2C(c3ccsc3)Nc3ccccc3C2N1)c1ccccc1. The van der Waals surface area contributed by atoms with E-state index < -0.39 is 0 Å². The molecule has 0 bridgehead atoms. The van der Waals surface area contributed by atoms with Crippen molar-refractivity contribution in [3.8, 4) is 0 Å². The summed E-state index contributed by atoms with van der Waals surface area (Å²) in [5, 5.41) is 15.0. The standard InChI is InChI=1S/C29H31N3O2S/c33-28(21-11-5-7-13-24(21)32-29(34)18-8-2-1-3-9-18)25-16-22-26(19-14-15-35-17-19)30-23-12-6-4-10-20(23)27(22)31-25/h1-4,6,8-10,12,14-15,17,21-22,24-27,30-31H,5,7,11,13,16H2,(H,32,34)/t21-,22?,24+,25?,26?,27?/m0/s1. The molecule has 2 aliphatic heterocycles. The van der Waals surface area contributed by atoms with Gasteiger partial charge >= 0.3 is 0 Å². The summed E-state index contributed by atoms with van der Waals surface area (Å²) in [7, 11) is 0. The number of fused-ring (bicyclic) bond motifs is 3. The van der Waals surface area contributed by atoms with Crippen molar-refractivity contribution in [1.29, 1.82) is 0 Å². The van der Waals surface area contributed by atoms with Crippen molar-refractivity contribution < 1.29 is 9.59 Å². The number of carbonyl (C=O) groups is 2. The van der Waals surface area contributed by atoms with Gasteiger partial charge in [0.15, 0.2) is 5.78 Å². The number of amides is 1. The third kappa shape index (κ3) is 4.30. The maximum atomic E-state index is 13.9. The summed E-state index contributed by atoms with van der Waals surface area (Å²) in [5.41, 5.74) is 4.34. The molecule has 6 atom stereocenters. The highest BCUT2D eigenvalue weighted by Gasteiger charge is 2.48. The zero-order chi connectivity index (χ0) is 23.8. The van der Waals surface area contributed by atoms with E-state index in [2.05, 4.69) is 57.0 Å². The van der Waals surface area contributed by atoms with Crippen molar-refractivity contribution in [3.63, 3.8) is 0 Å². The number of ketones is 1. The molecule has 0 spiro atoms. The van der Waals surface area contributed by atoms with E-state index in [1.807, 2.05) is 30.3 Å². The Morgan fingerprint density at radius 1 is 0.914 bits per heavy atom. The number of para-hydroxylation sites is 1. The van der Waals surface area contributed by atoms with Gasteiger partial charge in [-0.05, 0) is 65.4 Å². The molecule has 180 valence electrons. The zero-order valence-electron chi connectivity index (χ0n) is 19.7. The Hall–Kier alpha value is -2.96. The largest absolute Gasteiger partial charge is 0.378 e. The van der Waals surface area contributed by atoms with E-state index in [4.69, 9.17) is 0 Å². The average Bonchev–Trinajstić information content (AvgIpc) is 3.60. The quantitative estimate of drug-likeness (QED) is 0.447. The lowest BCUT2D eigenvalue weighted by molar-refractivity contribution is -0.126. The van der Waals surface area contributed by atoms with Crippen molar-refractivity contribution in [3.05, 3.63) is 88.1 Å². The van der Waals surface area contributed by atoms with Crippen LogP contribution in [0.3, 0.4) is 0 Å². The number of Topliss-reactive ketones (excluding diaryl/α,β-unsaturated/α-hetero) is 1. The number of nitrogens with one attached hydrogen (secondary N) is 3. The van der Waals surface area contributed by atoms with Gasteiger partial charge in [0, 0.05) is 35.2 Å². The van der Waals surface area contributed by atoms with E-state index in [9.17, 15) is 9.59 Å². The molecule has 3 aliphatic rings. The van der Waals surface area contributed by atoms with Crippen LogP contribution in [0, 0.1) is 11.8 Å². The number of carbonyl (C=O) groups excluding carboxylic acids is 2. The Bertz CT molecular complexity index is 1200. The fourth-order valence-electron chi connectivity index (χ4n) is 6.36. The summed E-state index contributed by atoms with van der Waals surface area (Å²) < 4.78 is 0. The number of anilines is 1. The maximum Gasteiger partial charge on any atom is 0.251 e. The van der Waals surface area contributed by atoms with Gasteiger partial charge < -0.3 is 16.0 Å². The molecule has 3 heterocycles. The van der Waals surface area contributed by atoms with Gasteiger partial charge in [0.1, 0.15) is 0 Å². The summed E-state index contributed by atoms with van der Waals surface area (Å²) >= 11 is 1.72. The number of hydrogen-bond donors (Lipinski definition) is 3. The van der Waals surface area contributed by atoms with Crippen LogP contribution in [-0.2, 0) is 4.79 Å². The molecule has 1 aliphatic carbocycles. The number of benzene rings is 2. The van der Waals surface area contributed by atoms with Crippen molar-refractivity contribution in [2.75, 3.05) is 5.32 Å². The predicted molar refractivity (Wildman–Crippen MR) is 140 cm³/mol. The lowest BCUT2D eigenvalue weighted by Crippen LogP contribution is -2.49. The molecule has 6 heteroatoms. The zero-order valence-corrected chi connectivity index (χ0v) is 20.5. The molecular weight excluding hydrogens is 454 g/mol. The molecule has 6 rings (SSSR count). The topological polar surface area (TPSA) is 70.2 Å². The summed E-state index contributed by atoms with van der Waals surface area (Å²) in [6.45, 7) is 0. The number of thiophene rings is 1. The van der Waals surface area contributed by atoms with E-state index in [0.717, 1.165) is 37.8 Å². The average molecular weight is 486 g/mol. The van der Waals surface area contributed by atoms with Gasteiger partial charge in [0.25, 0.3) is 5.91 Å². The fraction of sp³-hybridized carbons (Fsp3) is 0.379. The minimum absolute atomic E-state index is 0.0843. The first-order valence-electron chi connectivity index (χ1n) is 12.7. The number of hydrogen-bond acceptors (Lipinski definition) is 5. The lowest BCUT2D eigenvalue weighted by atomic mass is 9.77. The van der Waals surface area contributed by atoms with Crippen LogP contribution >= 0.6 is 11.3 Å². The molecule has 3 aromatic rings. The van der Waals surface area contributed by atoms with E-state index in [1.165, 1.54) is 11.1 Å². The molecule has 1 amide bonds. The molecule has 4 unspecified atom stereocenters. The van der Waals surface area contributed by atoms with Crippen LogP contribution in [0.2, 0.25) is 0 Å². The molecule has 5 nitrogen and oxygen atoms in total. The van der Waals surface area contributed by atoms with Crippen LogP contribution in [0.5, 0.6) is 0 Å². The van der Waals surface area contributed by atoms with Gasteiger partial charge in [-0.3, -0.25) is 9.59 Å². The predicted octanol–water partition coefficient (Wildman–Crippen LogP) is 5.49.